The van der Waals surface area contributed by atoms with Crippen LogP contribution in [0.3, 0.4) is 0 Å². The van der Waals surface area contributed by atoms with Crippen LogP contribution in [0.25, 0.3) is 0 Å². The molecule has 2 aromatic heterocycles. The Balaban J connectivity index is 2.49. The van der Waals surface area contributed by atoms with Crippen molar-refractivity contribution in [3.63, 3.8) is 0 Å². The van der Waals surface area contributed by atoms with E-state index < -0.39 is 0 Å². The van der Waals surface area contributed by atoms with Gasteiger partial charge in [0.2, 0.25) is 11.9 Å². The molecular weight excluding hydrogens is 254 g/mol. The highest BCUT2D eigenvalue weighted by molar-refractivity contribution is 5.27. The molecule has 2 rings (SSSR count). The van der Waals surface area contributed by atoms with Gasteiger partial charge >= 0.3 is 0 Å². The molecule has 0 spiro atoms. The lowest BCUT2D eigenvalue weighted by Crippen LogP contribution is -2.18. The standard InChI is InChI=1S/C13H21N7/c1-4-6-9(11-17-12(14)19-13(15)18-11)20-7-8(3)16-10(20)5-2/h7,9H,4-6H2,1-3H3,(H4,14,15,17,18,19). The molecule has 108 valence electrons. The number of aryl methyl sites for hydroxylation is 2. The molecule has 0 bridgehead atoms. The van der Waals surface area contributed by atoms with Gasteiger partial charge < -0.3 is 16.0 Å². The Morgan fingerprint density at radius 2 is 1.75 bits per heavy atom. The average Bonchev–Trinajstić information content (AvgIpc) is 2.75. The topological polar surface area (TPSA) is 109 Å². The van der Waals surface area contributed by atoms with Gasteiger partial charge in [-0.15, -0.1) is 0 Å². The van der Waals surface area contributed by atoms with Crippen LogP contribution in [0.4, 0.5) is 11.9 Å². The highest BCUT2D eigenvalue weighted by atomic mass is 15.2. The van der Waals surface area contributed by atoms with Crippen LogP contribution in [0.2, 0.25) is 0 Å². The SMILES string of the molecule is CCCC(c1nc(N)nc(N)n1)n1cc(C)nc1CC. The van der Waals surface area contributed by atoms with E-state index in [0.717, 1.165) is 30.8 Å². The number of nitrogens with zero attached hydrogens (tertiary/aromatic N) is 5. The van der Waals surface area contributed by atoms with E-state index in [0.29, 0.717) is 5.82 Å². The van der Waals surface area contributed by atoms with E-state index in [1.807, 2.05) is 13.1 Å². The van der Waals surface area contributed by atoms with E-state index in [1.54, 1.807) is 0 Å². The van der Waals surface area contributed by atoms with Crippen molar-refractivity contribution in [3.8, 4) is 0 Å². The molecule has 0 fully saturated rings. The van der Waals surface area contributed by atoms with Crippen molar-refractivity contribution >= 4 is 11.9 Å². The average molecular weight is 275 g/mol. The second-order valence-corrected chi connectivity index (χ2v) is 4.77. The molecule has 0 aliphatic heterocycles. The van der Waals surface area contributed by atoms with Crippen molar-refractivity contribution < 1.29 is 0 Å². The number of hydrogen-bond donors (Lipinski definition) is 2. The maximum Gasteiger partial charge on any atom is 0.225 e. The van der Waals surface area contributed by atoms with E-state index in [1.165, 1.54) is 0 Å². The Morgan fingerprint density at radius 1 is 1.10 bits per heavy atom. The minimum absolute atomic E-state index is 0.0104. The van der Waals surface area contributed by atoms with Crippen LogP contribution >= 0.6 is 0 Å². The van der Waals surface area contributed by atoms with Gasteiger partial charge in [-0.1, -0.05) is 20.3 Å². The van der Waals surface area contributed by atoms with Gasteiger partial charge in [-0.3, -0.25) is 0 Å². The summed E-state index contributed by atoms with van der Waals surface area (Å²) in [4.78, 5) is 16.8. The molecule has 0 amide bonds. The number of hydrogen-bond acceptors (Lipinski definition) is 6. The summed E-state index contributed by atoms with van der Waals surface area (Å²) in [5.41, 5.74) is 12.3. The van der Waals surface area contributed by atoms with Gasteiger partial charge in [0.25, 0.3) is 0 Å². The number of imidazole rings is 1. The summed E-state index contributed by atoms with van der Waals surface area (Å²) in [5, 5.41) is 0. The molecule has 7 nitrogen and oxygen atoms in total. The highest BCUT2D eigenvalue weighted by Crippen LogP contribution is 2.24. The van der Waals surface area contributed by atoms with Crippen LogP contribution in [0.5, 0.6) is 0 Å². The molecule has 1 atom stereocenters. The fourth-order valence-electron chi connectivity index (χ4n) is 2.34. The van der Waals surface area contributed by atoms with Crippen LogP contribution in [0, 0.1) is 6.92 Å². The van der Waals surface area contributed by atoms with Gasteiger partial charge in [0.15, 0.2) is 5.82 Å². The molecule has 2 heterocycles. The molecule has 4 N–H and O–H groups in total. The molecule has 7 heteroatoms. The van der Waals surface area contributed by atoms with Gasteiger partial charge in [-0.25, -0.2) is 4.98 Å². The molecule has 0 radical (unpaired) electrons. The summed E-state index contributed by atoms with van der Waals surface area (Å²) in [5.74, 6) is 1.93. The number of anilines is 2. The fourth-order valence-corrected chi connectivity index (χ4v) is 2.34. The predicted molar refractivity (Wildman–Crippen MR) is 78.0 cm³/mol. The summed E-state index contributed by atoms with van der Waals surface area (Å²) < 4.78 is 2.12. The van der Waals surface area contributed by atoms with Crippen molar-refractivity contribution in [1.82, 2.24) is 24.5 Å². The number of aromatic nitrogens is 5. The number of nitrogen functional groups attached to an aromatic ring is 2. The van der Waals surface area contributed by atoms with Crippen molar-refractivity contribution in [3.05, 3.63) is 23.5 Å². The maximum atomic E-state index is 5.68. The van der Waals surface area contributed by atoms with Crippen molar-refractivity contribution in [2.75, 3.05) is 11.5 Å². The quantitative estimate of drug-likeness (QED) is 0.855. The summed E-state index contributed by atoms with van der Waals surface area (Å²) in [6.07, 6.45) is 4.77. The summed E-state index contributed by atoms with van der Waals surface area (Å²) >= 11 is 0. The van der Waals surface area contributed by atoms with Crippen molar-refractivity contribution in [2.45, 2.75) is 46.1 Å². The Labute approximate surface area is 118 Å². The smallest absolute Gasteiger partial charge is 0.225 e. The van der Waals surface area contributed by atoms with Gasteiger partial charge in [-0.2, -0.15) is 15.0 Å². The largest absolute Gasteiger partial charge is 0.368 e. The molecule has 0 aromatic carbocycles. The number of rotatable bonds is 5. The predicted octanol–water partition coefficient (Wildman–Crippen LogP) is 1.49. The first-order valence-corrected chi connectivity index (χ1v) is 6.86. The van der Waals surface area contributed by atoms with E-state index in [4.69, 9.17) is 11.5 Å². The Kier molecular flexibility index (Phi) is 4.16. The zero-order valence-electron chi connectivity index (χ0n) is 12.2. The lowest BCUT2D eigenvalue weighted by atomic mass is 10.1. The zero-order valence-corrected chi connectivity index (χ0v) is 12.2. The first-order valence-electron chi connectivity index (χ1n) is 6.86. The molecule has 0 aliphatic rings. The second-order valence-electron chi connectivity index (χ2n) is 4.77. The van der Waals surface area contributed by atoms with E-state index in [-0.39, 0.29) is 17.9 Å². The van der Waals surface area contributed by atoms with Crippen LogP contribution in [0.15, 0.2) is 6.20 Å². The maximum absolute atomic E-state index is 5.68. The minimum Gasteiger partial charge on any atom is -0.368 e. The van der Waals surface area contributed by atoms with Gasteiger partial charge in [0.1, 0.15) is 5.82 Å². The molecule has 0 saturated heterocycles. The Bertz CT molecular complexity index is 570. The molecular formula is C13H21N7. The molecule has 1 unspecified atom stereocenters. The monoisotopic (exact) mass is 275 g/mol. The Morgan fingerprint density at radius 3 is 2.30 bits per heavy atom. The molecule has 20 heavy (non-hydrogen) atoms. The van der Waals surface area contributed by atoms with E-state index >= 15 is 0 Å². The lowest BCUT2D eigenvalue weighted by molar-refractivity contribution is 0.489. The third-order valence-corrected chi connectivity index (χ3v) is 3.13. The fraction of sp³-hybridized carbons (Fsp3) is 0.538. The normalized spacial score (nSPS) is 12.6. The second kappa shape index (κ2) is 5.85. The van der Waals surface area contributed by atoms with Gasteiger partial charge in [-0.05, 0) is 13.3 Å². The van der Waals surface area contributed by atoms with E-state index in [2.05, 4.69) is 38.4 Å². The first-order chi connectivity index (χ1) is 9.55. The summed E-state index contributed by atoms with van der Waals surface area (Å²) in [7, 11) is 0. The van der Waals surface area contributed by atoms with Crippen LogP contribution in [-0.4, -0.2) is 24.5 Å². The van der Waals surface area contributed by atoms with Crippen LogP contribution in [0.1, 0.15) is 50.1 Å². The van der Waals surface area contributed by atoms with Crippen molar-refractivity contribution in [2.24, 2.45) is 0 Å². The number of nitrogens with two attached hydrogens (primary N) is 2. The minimum atomic E-state index is -0.0104. The Hall–Kier alpha value is -2.18. The van der Waals surface area contributed by atoms with Crippen molar-refractivity contribution in [1.29, 1.82) is 0 Å². The van der Waals surface area contributed by atoms with E-state index in [9.17, 15) is 0 Å². The molecule has 0 saturated carbocycles. The third-order valence-electron chi connectivity index (χ3n) is 3.13. The van der Waals surface area contributed by atoms with Gasteiger partial charge in [0.05, 0.1) is 11.7 Å². The van der Waals surface area contributed by atoms with Crippen LogP contribution in [-0.2, 0) is 6.42 Å². The molecule has 2 aromatic rings. The summed E-state index contributed by atoms with van der Waals surface area (Å²) in [6.45, 7) is 6.18. The zero-order chi connectivity index (χ0) is 14.7. The third kappa shape index (κ3) is 2.87. The molecule has 0 aliphatic carbocycles. The lowest BCUT2D eigenvalue weighted by Gasteiger charge is -2.19. The highest BCUT2D eigenvalue weighted by Gasteiger charge is 2.20. The van der Waals surface area contributed by atoms with Gasteiger partial charge in [0, 0.05) is 12.6 Å². The summed E-state index contributed by atoms with van der Waals surface area (Å²) in [6, 6.07) is -0.0104. The first kappa shape index (κ1) is 14.2. The van der Waals surface area contributed by atoms with Crippen LogP contribution < -0.4 is 11.5 Å².